The molecular weight excluding hydrogens is 212 g/mol. The third-order valence-electron chi connectivity index (χ3n) is 2.16. The Kier molecular flexibility index (Phi) is 5.63. The summed E-state index contributed by atoms with van der Waals surface area (Å²) in [5.74, 6) is -0.168. The van der Waals surface area contributed by atoms with Gasteiger partial charge in [0.15, 0.2) is 0 Å². The molecule has 1 unspecified atom stereocenters. The molecule has 0 aliphatic carbocycles. The summed E-state index contributed by atoms with van der Waals surface area (Å²) in [6.07, 6.45) is 0.685. The van der Waals surface area contributed by atoms with E-state index < -0.39 is 0 Å². The number of nitrogens with one attached hydrogen (secondary N) is 2. The first-order chi connectivity index (χ1) is 7.72. The topological polar surface area (TPSA) is 76.7 Å². The quantitative estimate of drug-likeness (QED) is 0.476. The summed E-state index contributed by atoms with van der Waals surface area (Å²) in [6, 6.07) is 0. The van der Waals surface area contributed by atoms with Crippen molar-refractivity contribution in [3.8, 4) is 0 Å². The van der Waals surface area contributed by atoms with Crippen LogP contribution >= 0.6 is 0 Å². The molecule has 1 aliphatic rings. The van der Waals surface area contributed by atoms with Crippen LogP contribution in [0.2, 0.25) is 0 Å². The van der Waals surface area contributed by atoms with E-state index in [1.54, 1.807) is 6.92 Å². The Hall–Kier alpha value is -1.30. The zero-order valence-electron chi connectivity index (χ0n) is 9.45. The van der Waals surface area contributed by atoms with Crippen LogP contribution < -0.4 is 10.6 Å². The number of ether oxygens (including phenoxy) is 2. The first-order valence-corrected chi connectivity index (χ1v) is 5.53. The summed E-state index contributed by atoms with van der Waals surface area (Å²) in [7, 11) is 0. The Bertz CT molecular complexity index is 245. The molecule has 0 aromatic heterocycles. The van der Waals surface area contributed by atoms with Gasteiger partial charge in [0.05, 0.1) is 13.2 Å². The van der Waals surface area contributed by atoms with Crippen molar-refractivity contribution in [2.45, 2.75) is 25.9 Å². The van der Waals surface area contributed by atoms with Crippen LogP contribution in [0, 0.1) is 0 Å². The van der Waals surface area contributed by atoms with Crippen LogP contribution in [-0.2, 0) is 14.3 Å². The highest BCUT2D eigenvalue weighted by Gasteiger charge is 2.21. The van der Waals surface area contributed by atoms with Crippen LogP contribution in [0.4, 0.5) is 4.79 Å². The van der Waals surface area contributed by atoms with Gasteiger partial charge in [0.1, 0.15) is 6.10 Å². The molecule has 1 aliphatic heterocycles. The van der Waals surface area contributed by atoms with Crippen LogP contribution in [-0.4, -0.2) is 44.4 Å². The maximum atomic E-state index is 11.0. The van der Waals surface area contributed by atoms with Gasteiger partial charge in [-0.2, -0.15) is 0 Å². The minimum atomic E-state index is -0.363. The van der Waals surface area contributed by atoms with E-state index in [-0.39, 0.29) is 18.2 Å². The average Bonchev–Trinajstić information content (AvgIpc) is 2.64. The summed E-state index contributed by atoms with van der Waals surface area (Å²) in [4.78, 5) is 21.7. The first-order valence-electron chi connectivity index (χ1n) is 5.53. The number of hydrogen-bond acceptors (Lipinski definition) is 5. The minimum Gasteiger partial charge on any atom is -0.466 e. The second-order valence-corrected chi connectivity index (χ2v) is 3.52. The van der Waals surface area contributed by atoms with Crippen molar-refractivity contribution < 1.29 is 19.1 Å². The molecule has 2 N–H and O–H groups in total. The molecule has 16 heavy (non-hydrogen) atoms. The van der Waals surface area contributed by atoms with Gasteiger partial charge >= 0.3 is 12.1 Å². The Morgan fingerprint density at radius 3 is 3.12 bits per heavy atom. The third kappa shape index (κ3) is 4.97. The molecule has 0 saturated carbocycles. The van der Waals surface area contributed by atoms with Gasteiger partial charge in [-0.25, -0.2) is 4.79 Å². The second kappa shape index (κ2) is 7.05. The fraction of sp³-hybridized carbons (Fsp3) is 0.800. The summed E-state index contributed by atoms with van der Waals surface area (Å²) in [5.41, 5.74) is 0. The van der Waals surface area contributed by atoms with E-state index in [1.807, 2.05) is 0 Å². The van der Waals surface area contributed by atoms with Crippen LogP contribution in [0.5, 0.6) is 0 Å². The smallest absolute Gasteiger partial charge is 0.407 e. The number of amides is 1. The number of carbonyl (C=O) groups excluding carboxylic acids is 2. The highest BCUT2D eigenvalue weighted by atomic mass is 16.6. The normalized spacial score (nSPS) is 19.1. The van der Waals surface area contributed by atoms with Crippen molar-refractivity contribution in [3.63, 3.8) is 0 Å². The first kappa shape index (κ1) is 12.8. The fourth-order valence-corrected chi connectivity index (χ4v) is 1.40. The molecule has 0 aromatic rings. The standard InChI is InChI=1S/C10H18N2O4/c1-2-15-9(13)4-3-5-11-6-8-7-12-10(14)16-8/h8,11H,2-7H2,1H3,(H,12,14). The number of rotatable bonds is 7. The van der Waals surface area contributed by atoms with Crippen molar-refractivity contribution in [2.75, 3.05) is 26.2 Å². The average molecular weight is 230 g/mol. The molecule has 1 heterocycles. The van der Waals surface area contributed by atoms with Crippen LogP contribution in [0.15, 0.2) is 0 Å². The monoisotopic (exact) mass is 230 g/mol. The predicted octanol–water partition coefficient (Wildman–Crippen LogP) is 0.0277. The van der Waals surface area contributed by atoms with Crippen LogP contribution in [0.25, 0.3) is 0 Å². The molecule has 92 valence electrons. The summed E-state index contributed by atoms with van der Waals surface area (Å²) < 4.78 is 9.71. The summed E-state index contributed by atoms with van der Waals surface area (Å²) in [5, 5.41) is 5.69. The summed E-state index contributed by atoms with van der Waals surface area (Å²) in [6.45, 7) is 4.09. The van der Waals surface area contributed by atoms with E-state index in [4.69, 9.17) is 9.47 Å². The molecule has 0 bridgehead atoms. The van der Waals surface area contributed by atoms with Crippen LogP contribution in [0.3, 0.4) is 0 Å². The zero-order valence-corrected chi connectivity index (χ0v) is 9.45. The lowest BCUT2D eigenvalue weighted by atomic mass is 10.3. The molecule has 0 spiro atoms. The fourth-order valence-electron chi connectivity index (χ4n) is 1.40. The van der Waals surface area contributed by atoms with Gasteiger partial charge < -0.3 is 20.1 Å². The van der Waals surface area contributed by atoms with Crippen molar-refractivity contribution >= 4 is 12.1 Å². The molecule has 1 amide bonds. The van der Waals surface area contributed by atoms with Crippen molar-refractivity contribution in [1.82, 2.24) is 10.6 Å². The largest absolute Gasteiger partial charge is 0.466 e. The lowest BCUT2D eigenvalue weighted by Gasteiger charge is -2.08. The van der Waals surface area contributed by atoms with E-state index >= 15 is 0 Å². The van der Waals surface area contributed by atoms with Crippen molar-refractivity contribution in [1.29, 1.82) is 0 Å². The van der Waals surface area contributed by atoms with Gasteiger partial charge in [0.2, 0.25) is 0 Å². The van der Waals surface area contributed by atoms with Gasteiger partial charge in [-0.3, -0.25) is 4.79 Å². The van der Waals surface area contributed by atoms with E-state index in [0.29, 0.717) is 32.7 Å². The summed E-state index contributed by atoms with van der Waals surface area (Å²) >= 11 is 0. The predicted molar refractivity (Wildman–Crippen MR) is 57.0 cm³/mol. The lowest BCUT2D eigenvalue weighted by molar-refractivity contribution is -0.143. The molecule has 1 rings (SSSR count). The highest BCUT2D eigenvalue weighted by molar-refractivity contribution is 5.69. The van der Waals surface area contributed by atoms with E-state index in [2.05, 4.69) is 10.6 Å². The van der Waals surface area contributed by atoms with E-state index in [0.717, 1.165) is 6.42 Å². The maximum Gasteiger partial charge on any atom is 0.407 e. The van der Waals surface area contributed by atoms with Gasteiger partial charge in [-0.15, -0.1) is 0 Å². The Morgan fingerprint density at radius 2 is 2.50 bits per heavy atom. The van der Waals surface area contributed by atoms with Gasteiger partial charge in [-0.1, -0.05) is 0 Å². The SMILES string of the molecule is CCOC(=O)CCCNCC1CNC(=O)O1. The van der Waals surface area contributed by atoms with Gasteiger partial charge in [-0.05, 0) is 19.9 Å². The van der Waals surface area contributed by atoms with Crippen molar-refractivity contribution in [3.05, 3.63) is 0 Å². The number of alkyl carbamates (subject to hydrolysis) is 1. The molecule has 1 saturated heterocycles. The molecule has 6 nitrogen and oxygen atoms in total. The number of hydrogen-bond donors (Lipinski definition) is 2. The molecule has 0 radical (unpaired) electrons. The second-order valence-electron chi connectivity index (χ2n) is 3.52. The lowest BCUT2D eigenvalue weighted by Crippen LogP contribution is -2.30. The molecule has 0 aromatic carbocycles. The number of cyclic esters (lactones) is 1. The molecular formula is C10H18N2O4. The van der Waals surface area contributed by atoms with Gasteiger partial charge in [0, 0.05) is 13.0 Å². The molecule has 6 heteroatoms. The van der Waals surface area contributed by atoms with Crippen molar-refractivity contribution in [2.24, 2.45) is 0 Å². The highest BCUT2D eigenvalue weighted by Crippen LogP contribution is 1.98. The van der Waals surface area contributed by atoms with Gasteiger partial charge in [0.25, 0.3) is 0 Å². The Morgan fingerprint density at radius 1 is 1.69 bits per heavy atom. The van der Waals surface area contributed by atoms with Crippen LogP contribution in [0.1, 0.15) is 19.8 Å². The van der Waals surface area contributed by atoms with E-state index in [9.17, 15) is 9.59 Å². The molecule has 1 fully saturated rings. The van der Waals surface area contributed by atoms with E-state index in [1.165, 1.54) is 0 Å². The maximum absolute atomic E-state index is 11.0. The number of carbonyl (C=O) groups is 2. The number of esters is 1. The zero-order chi connectivity index (χ0) is 11.8. The molecule has 1 atom stereocenters. The Labute approximate surface area is 94.7 Å². The third-order valence-corrected chi connectivity index (χ3v) is 2.16. The minimum absolute atomic E-state index is 0.102. The Balaban J connectivity index is 1.92.